The van der Waals surface area contributed by atoms with Crippen molar-refractivity contribution < 1.29 is 14.5 Å². The molecule has 1 aromatic carbocycles. The van der Waals surface area contributed by atoms with Crippen LogP contribution in [0.4, 0.5) is 0 Å². The van der Waals surface area contributed by atoms with Gasteiger partial charge in [-0.05, 0) is 43.2 Å². The first kappa shape index (κ1) is 22.3. The van der Waals surface area contributed by atoms with Crippen LogP contribution in [-0.4, -0.2) is 28.6 Å². The molecule has 1 heterocycles. The predicted molar refractivity (Wildman–Crippen MR) is 110 cm³/mol. The Morgan fingerprint density at radius 1 is 1.14 bits per heavy atom. The van der Waals surface area contributed by atoms with Gasteiger partial charge in [0.2, 0.25) is 6.04 Å². The Bertz CT molecular complexity index is 731. The van der Waals surface area contributed by atoms with Crippen LogP contribution >= 0.6 is 0 Å². The van der Waals surface area contributed by atoms with Crippen molar-refractivity contribution in [2.24, 2.45) is 11.3 Å². The monoisotopic (exact) mass is 390 g/mol. The first-order chi connectivity index (χ1) is 12.7. The SMILES string of the molecule is CC(C)c1ccccc1[C@@H]1N[C@H](C(=O)OC(C)(C)C)[C@@H](C(C)(C)C)[C@@H]1[N+](=O)[O-]. The molecule has 0 radical (unpaired) electrons. The fourth-order valence-corrected chi connectivity index (χ4v) is 4.24. The highest BCUT2D eigenvalue weighted by atomic mass is 16.6. The summed E-state index contributed by atoms with van der Waals surface area (Å²) >= 11 is 0. The Morgan fingerprint density at radius 2 is 1.71 bits per heavy atom. The quantitative estimate of drug-likeness (QED) is 0.466. The number of esters is 1. The molecule has 0 spiro atoms. The minimum Gasteiger partial charge on any atom is -0.459 e. The Labute approximate surface area is 168 Å². The third-order valence-corrected chi connectivity index (χ3v) is 5.28. The summed E-state index contributed by atoms with van der Waals surface area (Å²) < 4.78 is 5.61. The van der Waals surface area contributed by atoms with Gasteiger partial charge in [0.25, 0.3) is 0 Å². The molecule has 0 unspecified atom stereocenters. The van der Waals surface area contributed by atoms with E-state index in [0.29, 0.717) is 0 Å². The van der Waals surface area contributed by atoms with Gasteiger partial charge >= 0.3 is 5.97 Å². The molecular formula is C22H34N2O4. The van der Waals surface area contributed by atoms with Crippen LogP contribution in [0.1, 0.15) is 78.5 Å². The van der Waals surface area contributed by atoms with Crippen LogP contribution in [0.2, 0.25) is 0 Å². The van der Waals surface area contributed by atoms with E-state index in [9.17, 15) is 14.9 Å². The van der Waals surface area contributed by atoms with Crippen molar-refractivity contribution in [3.05, 3.63) is 45.5 Å². The van der Waals surface area contributed by atoms with Crippen molar-refractivity contribution in [1.29, 1.82) is 0 Å². The minimum atomic E-state index is -0.919. The maximum atomic E-state index is 13.0. The second-order valence-corrected chi connectivity index (χ2v) is 10.1. The van der Waals surface area contributed by atoms with E-state index in [4.69, 9.17) is 4.74 Å². The van der Waals surface area contributed by atoms with Crippen LogP contribution in [0, 0.1) is 21.4 Å². The normalized spacial score (nSPS) is 25.8. The van der Waals surface area contributed by atoms with E-state index >= 15 is 0 Å². The van der Waals surface area contributed by atoms with E-state index in [1.165, 1.54) is 0 Å². The fourth-order valence-electron chi connectivity index (χ4n) is 4.24. The number of benzene rings is 1. The van der Waals surface area contributed by atoms with Gasteiger partial charge in [0.15, 0.2) is 0 Å². The second kappa shape index (κ2) is 7.82. The van der Waals surface area contributed by atoms with Gasteiger partial charge in [-0.25, -0.2) is 0 Å². The topological polar surface area (TPSA) is 81.5 Å². The van der Waals surface area contributed by atoms with Crippen molar-refractivity contribution >= 4 is 5.97 Å². The third kappa shape index (κ3) is 4.72. The molecule has 0 aromatic heterocycles. The third-order valence-electron chi connectivity index (χ3n) is 5.28. The molecule has 0 bridgehead atoms. The lowest BCUT2D eigenvalue weighted by molar-refractivity contribution is -0.535. The van der Waals surface area contributed by atoms with Gasteiger partial charge in [-0.15, -0.1) is 0 Å². The van der Waals surface area contributed by atoms with E-state index in [2.05, 4.69) is 19.2 Å². The standard InChI is InChI=1S/C22H34N2O4/c1-13(2)14-11-9-10-12-15(14)17-19(24(26)27)16(21(3,4)5)18(23-17)20(25)28-22(6,7)8/h9-13,16-19,23H,1-8H3/t16-,17+,18+,19+/m1/s1. The van der Waals surface area contributed by atoms with Gasteiger partial charge in [-0.1, -0.05) is 58.9 Å². The number of ether oxygens (including phenoxy) is 1. The predicted octanol–water partition coefficient (Wildman–Crippen LogP) is 4.47. The molecule has 1 N–H and O–H groups in total. The summed E-state index contributed by atoms with van der Waals surface area (Å²) in [6.45, 7) is 15.4. The molecule has 0 amide bonds. The van der Waals surface area contributed by atoms with Crippen LogP contribution in [0.25, 0.3) is 0 Å². The van der Waals surface area contributed by atoms with Gasteiger partial charge in [0.1, 0.15) is 17.7 Å². The van der Waals surface area contributed by atoms with Crippen molar-refractivity contribution in [2.45, 2.75) is 85.0 Å². The number of nitrogens with zero attached hydrogens (tertiary/aromatic N) is 1. The minimum absolute atomic E-state index is 0.221. The first-order valence-corrected chi connectivity index (χ1v) is 9.95. The highest BCUT2D eigenvalue weighted by Crippen LogP contribution is 2.45. The molecule has 0 saturated carbocycles. The summed E-state index contributed by atoms with van der Waals surface area (Å²) in [6, 6.07) is 5.58. The Hall–Kier alpha value is -1.95. The highest BCUT2D eigenvalue weighted by Gasteiger charge is 2.58. The Kier molecular flexibility index (Phi) is 6.24. The smallest absolute Gasteiger partial charge is 0.324 e. The number of nitro groups is 1. The van der Waals surface area contributed by atoms with Gasteiger partial charge in [0.05, 0.1) is 5.92 Å². The molecular weight excluding hydrogens is 356 g/mol. The van der Waals surface area contributed by atoms with Crippen molar-refractivity contribution in [1.82, 2.24) is 5.32 Å². The lowest BCUT2D eigenvalue weighted by Crippen LogP contribution is -2.46. The summed E-state index contributed by atoms with van der Waals surface area (Å²) in [7, 11) is 0. The summed E-state index contributed by atoms with van der Waals surface area (Å²) in [5.41, 5.74) is 0.844. The average Bonchev–Trinajstić information content (AvgIpc) is 2.94. The van der Waals surface area contributed by atoms with E-state index < -0.39 is 41.0 Å². The molecule has 156 valence electrons. The van der Waals surface area contributed by atoms with E-state index in [1.54, 1.807) is 0 Å². The Balaban J connectivity index is 2.56. The summed E-state index contributed by atoms with van der Waals surface area (Å²) in [6.07, 6.45) is 0. The molecule has 4 atom stereocenters. The molecule has 1 fully saturated rings. The molecule has 1 saturated heterocycles. The van der Waals surface area contributed by atoms with E-state index in [-0.39, 0.29) is 10.8 Å². The molecule has 1 aromatic rings. The maximum Gasteiger partial charge on any atom is 0.324 e. The number of carbonyl (C=O) groups is 1. The first-order valence-electron chi connectivity index (χ1n) is 9.95. The number of hydrogen-bond acceptors (Lipinski definition) is 5. The van der Waals surface area contributed by atoms with Crippen molar-refractivity contribution in [2.75, 3.05) is 0 Å². The van der Waals surface area contributed by atoms with Crippen LogP contribution < -0.4 is 5.32 Å². The zero-order chi connectivity index (χ0) is 21.4. The second-order valence-electron chi connectivity index (χ2n) is 10.1. The van der Waals surface area contributed by atoms with Crippen molar-refractivity contribution in [3.8, 4) is 0 Å². The fraction of sp³-hybridized carbons (Fsp3) is 0.682. The molecule has 0 aliphatic carbocycles. The number of carbonyl (C=O) groups excluding carboxylic acids is 1. The van der Waals surface area contributed by atoms with Crippen LogP contribution in [0.5, 0.6) is 0 Å². The zero-order valence-corrected chi connectivity index (χ0v) is 18.3. The summed E-state index contributed by atoms with van der Waals surface area (Å²) in [5.74, 6) is -0.703. The highest BCUT2D eigenvalue weighted by molar-refractivity contribution is 5.77. The molecule has 6 heteroatoms. The van der Waals surface area contributed by atoms with Crippen LogP contribution in [-0.2, 0) is 9.53 Å². The zero-order valence-electron chi connectivity index (χ0n) is 18.3. The molecule has 28 heavy (non-hydrogen) atoms. The lowest BCUT2D eigenvalue weighted by atomic mass is 9.72. The van der Waals surface area contributed by atoms with Crippen molar-refractivity contribution in [3.63, 3.8) is 0 Å². The molecule has 6 nitrogen and oxygen atoms in total. The summed E-state index contributed by atoms with van der Waals surface area (Å²) in [4.78, 5) is 24.9. The lowest BCUT2D eigenvalue weighted by Gasteiger charge is -2.32. The van der Waals surface area contributed by atoms with Gasteiger partial charge in [-0.3, -0.25) is 20.2 Å². The largest absolute Gasteiger partial charge is 0.459 e. The van der Waals surface area contributed by atoms with Gasteiger partial charge < -0.3 is 4.74 Å². The van der Waals surface area contributed by atoms with Crippen LogP contribution in [0.15, 0.2) is 24.3 Å². The summed E-state index contributed by atoms with van der Waals surface area (Å²) in [5, 5.41) is 15.5. The maximum absolute atomic E-state index is 13.0. The number of nitrogens with one attached hydrogen (secondary N) is 1. The number of rotatable bonds is 4. The van der Waals surface area contributed by atoms with E-state index in [1.807, 2.05) is 65.8 Å². The molecule has 2 rings (SSSR count). The van der Waals surface area contributed by atoms with Gasteiger partial charge in [0, 0.05) is 4.92 Å². The molecule has 1 aliphatic rings. The van der Waals surface area contributed by atoms with E-state index in [0.717, 1.165) is 11.1 Å². The van der Waals surface area contributed by atoms with Gasteiger partial charge in [-0.2, -0.15) is 0 Å². The molecule has 1 aliphatic heterocycles. The van der Waals surface area contributed by atoms with Crippen LogP contribution in [0.3, 0.4) is 0 Å². The Morgan fingerprint density at radius 3 is 2.18 bits per heavy atom. The average molecular weight is 391 g/mol. The number of hydrogen-bond donors (Lipinski definition) is 1.